The summed E-state index contributed by atoms with van der Waals surface area (Å²) >= 11 is 1.72. The molecule has 1 aromatic rings. The first kappa shape index (κ1) is 11.0. The highest BCUT2D eigenvalue weighted by Crippen LogP contribution is 2.19. The zero-order valence-electron chi connectivity index (χ0n) is 9.38. The first-order valence-electron chi connectivity index (χ1n) is 5.42. The van der Waals surface area contributed by atoms with E-state index in [1.54, 1.807) is 11.3 Å². The third kappa shape index (κ3) is 3.00. The molecule has 1 aromatic heterocycles. The monoisotopic (exact) mass is 226 g/mol. The normalized spacial score (nSPS) is 26.8. The van der Waals surface area contributed by atoms with Crippen LogP contribution in [0.2, 0.25) is 0 Å². The fraction of sp³-hybridized carbons (Fsp3) is 0.727. The molecule has 15 heavy (non-hydrogen) atoms. The predicted molar refractivity (Wildman–Crippen MR) is 62.1 cm³/mol. The van der Waals surface area contributed by atoms with Gasteiger partial charge in [-0.1, -0.05) is 0 Å². The number of nitrogens with zero attached hydrogens (tertiary/aromatic N) is 1. The van der Waals surface area contributed by atoms with Gasteiger partial charge in [0.2, 0.25) is 0 Å². The molecule has 0 spiro atoms. The van der Waals surface area contributed by atoms with Crippen molar-refractivity contribution in [3.63, 3.8) is 0 Å². The van der Waals surface area contributed by atoms with Crippen LogP contribution in [0.15, 0.2) is 5.38 Å². The van der Waals surface area contributed by atoms with Crippen molar-refractivity contribution >= 4 is 11.3 Å². The fourth-order valence-electron chi connectivity index (χ4n) is 1.85. The van der Waals surface area contributed by atoms with Crippen molar-refractivity contribution in [1.82, 2.24) is 10.3 Å². The van der Waals surface area contributed by atoms with E-state index in [4.69, 9.17) is 4.74 Å². The van der Waals surface area contributed by atoms with Crippen molar-refractivity contribution < 1.29 is 4.74 Å². The van der Waals surface area contributed by atoms with Crippen LogP contribution in [0.4, 0.5) is 0 Å². The van der Waals surface area contributed by atoms with Crippen LogP contribution in [0.5, 0.6) is 0 Å². The summed E-state index contributed by atoms with van der Waals surface area (Å²) in [7, 11) is 0. The number of nitrogens with one attached hydrogen (secondary N) is 1. The Morgan fingerprint density at radius 1 is 1.67 bits per heavy atom. The van der Waals surface area contributed by atoms with E-state index in [2.05, 4.69) is 22.6 Å². The minimum Gasteiger partial charge on any atom is -0.380 e. The van der Waals surface area contributed by atoms with Crippen molar-refractivity contribution in [2.24, 2.45) is 0 Å². The number of hydrogen-bond acceptors (Lipinski definition) is 4. The van der Waals surface area contributed by atoms with Gasteiger partial charge < -0.3 is 10.1 Å². The number of rotatable bonds is 3. The number of aromatic nitrogens is 1. The van der Waals surface area contributed by atoms with Gasteiger partial charge in [0.05, 0.1) is 6.61 Å². The highest BCUT2D eigenvalue weighted by molar-refractivity contribution is 7.09. The second kappa shape index (κ2) is 4.60. The summed E-state index contributed by atoms with van der Waals surface area (Å²) in [4.78, 5) is 4.44. The summed E-state index contributed by atoms with van der Waals surface area (Å²) in [5.74, 6) is 0. The van der Waals surface area contributed by atoms with Crippen molar-refractivity contribution in [2.75, 3.05) is 13.2 Å². The van der Waals surface area contributed by atoms with E-state index in [0.717, 1.165) is 31.9 Å². The quantitative estimate of drug-likeness (QED) is 0.857. The molecule has 0 amide bonds. The topological polar surface area (TPSA) is 34.1 Å². The molecule has 1 saturated heterocycles. The molecule has 84 valence electrons. The lowest BCUT2D eigenvalue weighted by molar-refractivity contribution is 0.0278. The zero-order valence-corrected chi connectivity index (χ0v) is 10.2. The molecule has 1 fully saturated rings. The maximum Gasteiger partial charge on any atom is 0.107 e. The van der Waals surface area contributed by atoms with Gasteiger partial charge in [0.25, 0.3) is 0 Å². The Morgan fingerprint density at radius 3 is 3.13 bits per heavy atom. The van der Waals surface area contributed by atoms with Crippen molar-refractivity contribution in [2.45, 2.75) is 38.8 Å². The smallest absolute Gasteiger partial charge is 0.107 e. The maximum absolute atomic E-state index is 5.50. The van der Waals surface area contributed by atoms with E-state index in [0.29, 0.717) is 0 Å². The molecular weight excluding hydrogens is 208 g/mol. The van der Waals surface area contributed by atoms with Crippen LogP contribution < -0.4 is 5.32 Å². The van der Waals surface area contributed by atoms with E-state index >= 15 is 0 Å². The average molecular weight is 226 g/mol. The maximum atomic E-state index is 5.50. The largest absolute Gasteiger partial charge is 0.380 e. The molecule has 0 aliphatic carbocycles. The third-order valence-corrected chi connectivity index (χ3v) is 3.74. The number of aryl methyl sites for hydroxylation is 1. The summed E-state index contributed by atoms with van der Waals surface area (Å²) in [5.41, 5.74) is 1.25. The van der Waals surface area contributed by atoms with Crippen LogP contribution in [0.25, 0.3) is 0 Å². The molecule has 4 heteroatoms. The molecule has 1 aliphatic rings. The van der Waals surface area contributed by atoms with Crippen LogP contribution >= 0.6 is 11.3 Å². The van der Waals surface area contributed by atoms with E-state index in [9.17, 15) is 0 Å². The third-order valence-electron chi connectivity index (χ3n) is 2.77. The number of thiazole rings is 1. The zero-order chi connectivity index (χ0) is 10.7. The van der Waals surface area contributed by atoms with Gasteiger partial charge in [0, 0.05) is 29.8 Å². The molecule has 0 aromatic carbocycles. The lowest BCUT2D eigenvalue weighted by atomic mass is 9.95. The standard InChI is InChI=1S/C11H18N2OS/c1-9-7-15-10(13-9)6-12-11(2)4-3-5-14-8-11/h7,12H,3-6,8H2,1-2H3. The molecule has 1 unspecified atom stereocenters. The van der Waals surface area contributed by atoms with Crippen LogP contribution in [0.1, 0.15) is 30.5 Å². The Balaban J connectivity index is 1.86. The van der Waals surface area contributed by atoms with E-state index in [1.807, 2.05) is 6.92 Å². The highest BCUT2D eigenvalue weighted by Gasteiger charge is 2.26. The highest BCUT2D eigenvalue weighted by atomic mass is 32.1. The summed E-state index contributed by atoms with van der Waals surface area (Å²) in [6.07, 6.45) is 2.34. The Kier molecular flexibility index (Phi) is 3.38. The molecule has 2 rings (SSSR count). The van der Waals surface area contributed by atoms with Crippen LogP contribution in [-0.2, 0) is 11.3 Å². The lowest BCUT2D eigenvalue weighted by Gasteiger charge is -2.34. The van der Waals surface area contributed by atoms with Gasteiger partial charge in [0.15, 0.2) is 0 Å². The minimum absolute atomic E-state index is 0.137. The van der Waals surface area contributed by atoms with Crippen LogP contribution in [-0.4, -0.2) is 23.7 Å². The molecule has 0 saturated carbocycles. The minimum atomic E-state index is 0.137. The number of hydrogen-bond donors (Lipinski definition) is 1. The Hall–Kier alpha value is -0.450. The molecule has 3 nitrogen and oxygen atoms in total. The summed E-state index contributed by atoms with van der Waals surface area (Å²) in [6, 6.07) is 0. The molecule has 2 heterocycles. The van der Waals surface area contributed by atoms with Gasteiger partial charge in [-0.3, -0.25) is 0 Å². The second-order valence-electron chi connectivity index (χ2n) is 4.45. The molecule has 0 radical (unpaired) electrons. The number of ether oxygens (including phenoxy) is 1. The van der Waals surface area contributed by atoms with Gasteiger partial charge in [-0.15, -0.1) is 11.3 Å². The van der Waals surface area contributed by atoms with Crippen molar-refractivity contribution in [3.8, 4) is 0 Å². The van der Waals surface area contributed by atoms with Crippen molar-refractivity contribution in [3.05, 3.63) is 16.1 Å². The summed E-state index contributed by atoms with van der Waals surface area (Å²) in [5, 5.41) is 6.81. The first-order chi connectivity index (χ1) is 7.18. The molecule has 1 atom stereocenters. The molecule has 1 aliphatic heterocycles. The van der Waals surface area contributed by atoms with Gasteiger partial charge in [-0.05, 0) is 26.7 Å². The van der Waals surface area contributed by atoms with Gasteiger partial charge in [-0.2, -0.15) is 0 Å². The molecule has 0 bridgehead atoms. The van der Waals surface area contributed by atoms with Gasteiger partial charge in [0.1, 0.15) is 5.01 Å². The second-order valence-corrected chi connectivity index (χ2v) is 5.40. The fourth-order valence-corrected chi connectivity index (χ4v) is 2.56. The van der Waals surface area contributed by atoms with E-state index < -0.39 is 0 Å². The Labute approximate surface area is 94.9 Å². The molecular formula is C11H18N2OS. The Bertz CT molecular complexity index is 318. The lowest BCUT2D eigenvalue weighted by Crippen LogP contribution is -2.48. The first-order valence-corrected chi connectivity index (χ1v) is 6.30. The van der Waals surface area contributed by atoms with E-state index in [1.165, 1.54) is 11.4 Å². The van der Waals surface area contributed by atoms with Gasteiger partial charge >= 0.3 is 0 Å². The van der Waals surface area contributed by atoms with Gasteiger partial charge in [-0.25, -0.2) is 4.98 Å². The van der Waals surface area contributed by atoms with Crippen LogP contribution in [0.3, 0.4) is 0 Å². The SMILES string of the molecule is Cc1csc(CNC2(C)CCCOC2)n1. The Morgan fingerprint density at radius 2 is 2.53 bits per heavy atom. The van der Waals surface area contributed by atoms with Crippen LogP contribution in [0, 0.1) is 6.92 Å². The average Bonchev–Trinajstić information content (AvgIpc) is 2.63. The van der Waals surface area contributed by atoms with E-state index in [-0.39, 0.29) is 5.54 Å². The molecule has 1 N–H and O–H groups in total. The predicted octanol–water partition coefficient (Wildman–Crippen LogP) is 2.11. The summed E-state index contributed by atoms with van der Waals surface area (Å²) in [6.45, 7) is 6.85. The van der Waals surface area contributed by atoms with Crippen molar-refractivity contribution in [1.29, 1.82) is 0 Å². The summed E-state index contributed by atoms with van der Waals surface area (Å²) < 4.78 is 5.50.